The summed E-state index contributed by atoms with van der Waals surface area (Å²) in [6.07, 6.45) is 0.845. The molecule has 1 aliphatic heterocycles. The third kappa shape index (κ3) is 3.01. The Morgan fingerprint density at radius 2 is 1.95 bits per heavy atom. The van der Waals surface area contributed by atoms with Gasteiger partial charge in [0.2, 0.25) is 0 Å². The zero-order chi connectivity index (χ0) is 13.9. The number of likely N-dealkylation sites (N-methyl/N-ethyl adjacent to an activating group) is 1. The highest BCUT2D eigenvalue weighted by Crippen LogP contribution is 2.35. The first kappa shape index (κ1) is 14.2. The van der Waals surface area contributed by atoms with E-state index in [2.05, 4.69) is 17.4 Å². The van der Waals surface area contributed by atoms with Gasteiger partial charge in [-0.2, -0.15) is 0 Å². The Kier molecular flexibility index (Phi) is 4.32. The maximum atomic E-state index is 11.0. The van der Waals surface area contributed by atoms with E-state index in [0.717, 1.165) is 24.4 Å². The second-order valence-corrected chi connectivity index (χ2v) is 5.52. The second-order valence-electron chi connectivity index (χ2n) is 5.09. The van der Waals surface area contributed by atoms with E-state index in [1.807, 2.05) is 19.2 Å². The number of halogens is 1. The fraction of sp³-hybridized carbons (Fsp3) is 0.500. The highest BCUT2D eigenvalue weighted by atomic mass is 35.5. The molecule has 0 unspecified atom stereocenters. The third-order valence-corrected chi connectivity index (χ3v) is 4.21. The van der Waals surface area contributed by atoms with Crippen LogP contribution in [0.15, 0.2) is 24.3 Å². The van der Waals surface area contributed by atoms with Crippen molar-refractivity contribution >= 4 is 17.7 Å². The number of amides is 1. The molecule has 1 saturated heterocycles. The zero-order valence-corrected chi connectivity index (χ0v) is 11.8. The van der Waals surface area contributed by atoms with Crippen molar-refractivity contribution in [2.24, 2.45) is 0 Å². The lowest BCUT2D eigenvalue weighted by atomic mass is 9.72. The highest BCUT2D eigenvalue weighted by Gasteiger charge is 2.36. The van der Waals surface area contributed by atoms with Crippen LogP contribution in [0.5, 0.6) is 0 Å². The van der Waals surface area contributed by atoms with Crippen LogP contribution in [0, 0.1) is 0 Å². The van der Waals surface area contributed by atoms with Gasteiger partial charge < -0.3 is 15.3 Å². The van der Waals surface area contributed by atoms with Gasteiger partial charge in [0.1, 0.15) is 0 Å². The smallest absolute Gasteiger partial charge is 0.407 e. The number of hydrogen-bond donors (Lipinski definition) is 2. The number of nitrogens with zero attached hydrogens (tertiary/aromatic N) is 1. The van der Waals surface area contributed by atoms with E-state index in [1.165, 1.54) is 10.5 Å². The van der Waals surface area contributed by atoms with Gasteiger partial charge in [0, 0.05) is 30.1 Å². The topological polar surface area (TPSA) is 52.6 Å². The molecule has 1 aromatic rings. The van der Waals surface area contributed by atoms with Crippen LogP contribution in [0.4, 0.5) is 4.79 Å². The molecule has 19 heavy (non-hydrogen) atoms. The lowest BCUT2D eigenvalue weighted by molar-refractivity contribution is 0.116. The average molecular weight is 283 g/mol. The SMILES string of the molecule is CNCC1(c2ccc(Cl)cc2)CCN(C(=O)O)CC1. The zero-order valence-electron chi connectivity index (χ0n) is 11.0. The number of likely N-dealkylation sites (tertiary alicyclic amines) is 1. The van der Waals surface area contributed by atoms with Crippen LogP contribution in [0.2, 0.25) is 5.02 Å². The van der Waals surface area contributed by atoms with Crippen molar-refractivity contribution in [1.82, 2.24) is 10.2 Å². The van der Waals surface area contributed by atoms with Crippen LogP contribution < -0.4 is 5.32 Å². The van der Waals surface area contributed by atoms with Gasteiger partial charge in [-0.25, -0.2) is 4.79 Å². The van der Waals surface area contributed by atoms with Crippen molar-refractivity contribution in [2.75, 3.05) is 26.7 Å². The number of rotatable bonds is 3. The molecule has 0 bridgehead atoms. The molecule has 1 heterocycles. The number of carboxylic acid groups (broad SMARTS) is 1. The minimum atomic E-state index is -0.825. The quantitative estimate of drug-likeness (QED) is 0.896. The number of hydrogen-bond acceptors (Lipinski definition) is 2. The number of carbonyl (C=O) groups is 1. The maximum absolute atomic E-state index is 11.0. The molecule has 0 saturated carbocycles. The Balaban J connectivity index is 2.20. The van der Waals surface area contributed by atoms with Gasteiger partial charge in [-0.15, -0.1) is 0 Å². The second kappa shape index (κ2) is 5.80. The van der Waals surface area contributed by atoms with Crippen LogP contribution >= 0.6 is 11.6 Å². The van der Waals surface area contributed by atoms with E-state index in [4.69, 9.17) is 16.7 Å². The molecule has 0 aromatic heterocycles. The van der Waals surface area contributed by atoms with Gasteiger partial charge in [0.15, 0.2) is 0 Å². The highest BCUT2D eigenvalue weighted by molar-refractivity contribution is 6.30. The van der Waals surface area contributed by atoms with Crippen LogP contribution in [0.25, 0.3) is 0 Å². The molecular formula is C14H19ClN2O2. The summed E-state index contributed by atoms with van der Waals surface area (Å²) in [4.78, 5) is 12.5. The Bertz CT molecular complexity index is 439. The molecule has 5 heteroatoms. The van der Waals surface area contributed by atoms with E-state index in [1.54, 1.807) is 0 Å². The molecule has 104 valence electrons. The van der Waals surface area contributed by atoms with Crippen LogP contribution in [-0.4, -0.2) is 42.8 Å². The summed E-state index contributed by atoms with van der Waals surface area (Å²) in [5.74, 6) is 0. The molecule has 2 N–H and O–H groups in total. The van der Waals surface area contributed by atoms with Crippen LogP contribution in [0.3, 0.4) is 0 Å². The van der Waals surface area contributed by atoms with E-state index in [-0.39, 0.29) is 5.41 Å². The molecule has 1 aromatic carbocycles. The number of benzene rings is 1. The first-order valence-corrected chi connectivity index (χ1v) is 6.84. The van der Waals surface area contributed by atoms with Crippen molar-refractivity contribution in [3.63, 3.8) is 0 Å². The maximum Gasteiger partial charge on any atom is 0.407 e. The number of piperidine rings is 1. The monoisotopic (exact) mass is 282 g/mol. The normalized spacial score (nSPS) is 18.3. The van der Waals surface area contributed by atoms with Crippen LogP contribution in [-0.2, 0) is 5.41 Å². The lowest BCUT2D eigenvalue weighted by Crippen LogP contribution is -2.48. The first-order valence-electron chi connectivity index (χ1n) is 6.46. The van der Waals surface area contributed by atoms with Gasteiger partial charge in [-0.05, 0) is 37.6 Å². The molecule has 1 fully saturated rings. The Morgan fingerprint density at radius 3 is 2.42 bits per heavy atom. The van der Waals surface area contributed by atoms with Crippen molar-refractivity contribution < 1.29 is 9.90 Å². The van der Waals surface area contributed by atoms with Gasteiger partial charge >= 0.3 is 6.09 Å². The molecule has 1 aliphatic rings. The minimum Gasteiger partial charge on any atom is -0.465 e. The standard InChI is InChI=1S/C14H19ClN2O2/c1-16-10-14(11-2-4-12(15)5-3-11)6-8-17(9-7-14)13(18)19/h2-5,16H,6-10H2,1H3,(H,18,19). The summed E-state index contributed by atoms with van der Waals surface area (Å²) >= 11 is 5.94. The molecule has 0 aliphatic carbocycles. The Morgan fingerprint density at radius 1 is 1.37 bits per heavy atom. The molecule has 0 radical (unpaired) electrons. The van der Waals surface area contributed by atoms with Crippen LogP contribution in [0.1, 0.15) is 18.4 Å². The summed E-state index contributed by atoms with van der Waals surface area (Å²) in [5, 5.41) is 13.0. The van der Waals surface area contributed by atoms with E-state index in [0.29, 0.717) is 13.1 Å². The van der Waals surface area contributed by atoms with E-state index >= 15 is 0 Å². The van der Waals surface area contributed by atoms with Crippen molar-refractivity contribution in [1.29, 1.82) is 0 Å². The fourth-order valence-electron chi connectivity index (χ4n) is 2.84. The largest absolute Gasteiger partial charge is 0.465 e. The Hall–Kier alpha value is -1.26. The lowest BCUT2D eigenvalue weighted by Gasteiger charge is -2.41. The minimum absolute atomic E-state index is 0.00525. The molecule has 4 nitrogen and oxygen atoms in total. The van der Waals surface area contributed by atoms with Crippen molar-refractivity contribution in [3.05, 3.63) is 34.9 Å². The Labute approximate surface area is 118 Å². The van der Waals surface area contributed by atoms with Gasteiger partial charge in [-0.3, -0.25) is 0 Å². The summed E-state index contributed by atoms with van der Waals surface area (Å²) in [5.41, 5.74) is 1.24. The van der Waals surface area contributed by atoms with Crippen molar-refractivity contribution in [3.8, 4) is 0 Å². The van der Waals surface area contributed by atoms with E-state index in [9.17, 15) is 4.79 Å². The fourth-order valence-corrected chi connectivity index (χ4v) is 2.96. The predicted molar refractivity (Wildman–Crippen MR) is 75.9 cm³/mol. The summed E-state index contributed by atoms with van der Waals surface area (Å²) in [7, 11) is 1.93. The summed E-state index contributed by atoms with van der Waals surface area (Å²) < 4.78 is 0. The first-order chi connectivity index (χ1) is 9.07. The molecular weight excluding hydrogens is 264 g/mol. The van der Waals surface area contributed by atoms with E-state index < -0.39 is 6.09 Å². The van der Waals surface area contributed by atoms with Gasteiger partial charge in [0.25, 0.3) is 0 Å². The predicted octanol–water partition coefficient (Wildman–Crippen LogP) is 2.57. The molecule has 2 rings (SSSR count). The van der Waals surface area contributed by atoms with Gasteiger partial charge in [0.05, 0.1) is 0 Å². The number of nitrogens with one attached hydrogen (secondary N) is 1. The summed E-state index contributed by atoms with van der Waals surface area (Å²) in [6, 6.07) is 7.90. The summed E-state index contributed by atoms with van der Waals surface area (Å²) in [6.45, 7) is 2.02. The molecule has 0 spiro atoms. The molecule has 1 amide bonds. The third-order valence-electron chi connectivity index (χ3n) is 3.96. The molecule has 0 atom stereocenters. The average Bonchev–Trinajstić information content (AvgIpc) is 2.40. The van der Waals surface area contributed by atoms with Crippen molar-refractivity contribution in [2.45, 2.75) is 18.3 Å². The van der Waals surface area contributed by atoms with Gasteiger partial charge in [-0.1, -0.05) is 23.7 Å².